The molecule has 37 heavy (non-hydrogen) atoms. The van der Waals surface area contributed by atoms with E-state index in [9.17, 15) is 0 Å². The molecule has 0 atom stereocenters. The van der Waals surface area contributed by atoms with Gasteiger partial charge in [0.1, 0.15) is 14.1 Å². The maximum absolute atomic E-state index is 4.97. The number of thiazole rings is 2. The Balaban J connectivity index is 0.00000252. The average molecular weight is 560 g/mol. The standard InChI is InChI=1S/C28H20N6S2.Mn/c1-33-11-13-35-27(33)25-21-7-3-17(29-21)15-19-5-9-23(31-19)26(28-34(2)12-14-36-28)24-10-6-20(32-24)16-18-4-8-22(25)30-18;/h3-16H,1-2H3;/q;+2. The van der Waals surface area contributed by atoms with E-state index in [1.165, 1.54) is 0 Å². The first-order valence-electron chi connectivity index (χ1n) is 11.5. The summed E-state index contributed by atoms with van der Waals surface area (Å²) in [6.45, 7) is 0. The van der Waals surface area contributed by atoms with Gasteiger partial charge in [-0.05, 0) is 24.3 Å². The number of aromatic nitrogens is 6. The summed E-state index contributed by atoms with van der Waals surface area (Å²) in [6, 6.07) is 12.3. The smallest absolute Gasteiger partial charge is 0.657 e. The van der Waals surface area contributed by atoms with E-state index in [1.807, 2.05) is 36.4 Å². The summed E-state index contributed by atoms with van der Waals surface area (Å²) in [5.74, 6) is 0. The first-order valence-corrected chi connectivity index (χ1v) is 13.2. The molecule has 7 rings (SSSR count). The van der Waals surface area contributed by atoms with Gasteiger partial charge in [0.15, 0.2) is 12.4 Å². The van der Waals surface area contributed by atoms with Crippen molar-refractivity contribution in [3.63, 3.8) is 0 Å². The van der Waals surface area contributed by atoms with Crippen LogP contribution in [-0.4, -0.2) is 9.97 Å². The number of hydrogen-bond donors (Lipinski definition) is 0. The zero-order valence-corrected chi connectivity index (χ0v) is 22.8. The van der Waals surface area contributed by atoms with Gasteiger partial charge in [-0.15, -0.1) is 22.1 Å². The second-order valence-electron chi connectivity index (χ2n) is 8.70. The molecule has 179 valence electrons. The maximum Gasteiger partial charge on any atom is 2.00 e. The van der Waals surface area contributed by atoms with Gasteiger partial charge in [-0.3, -0.25) is 0 Å². The summed E-state index contributed by atoms with van der Waals surface area (Å²) in [7, 11) is 4.10. The fraction of sp³-hybridized carbons (Fsp3) is 0.0714. The summed E-state index contributed by atoms with van der Waals surface area (Å²) in [4.78, 5) is 19.9. The van der Waals surface area contributed by atoms with Crippen LogP contribution in [0.4, 0.5) is 0 Å². The molecule has 0 amide bonds. The third-order valence-electron chi connectivity index (χ3n) is 6.26. The monoisotopic (exact) mass is 559 g/mol. The maximum atomic E-state index is 4.97. The molecule has 0 aromatic carbocycles. The molecule has 8 bridgehead atoms. The normalized spacial score (nSPS) is 12.2. The largest absolute Gasteiger partial charge is 2.00 e. The van der Waals surface area contributed by atoms with Gasteiger partial charge >= 0.3 is 17.1 Å². The van der Waals surface area contributed by atoms with E-state index in [2.05, 4.69) is 70.7 Å². The minimum atomic E-state index is 0. The Kier molecular flexibility index (Phi) is 6.01. The minimum absolute atomic E-state index is 0. The molecule has 0 fully saturated rings. The van der Waals surface area contributed by atoms with E-state index >= 15 is 0 Å². The second kappa shape index (κ2) is 9.35. The van der Waals surface area contributed by atoms with Crippen LogP contribution in [0.3, 0.4) is 0 Å². The van der Waals surface area contributed by atoms with Gasteiger partial charge in [-0.1, -0.05) is 59.1 Å². The molecule has 2 aliphatic rings. The van der Waals surface area contributed by atoms with Crippen LogP contribution in [0.15, 0.2) is 59.6 Å². The molecule has 1 radical (unpaired) electrons. The molecule has 7 heterocycles. The molecule has 2 aliphatic heterocycles. The fourth-order valence-electron chi connectivity index (χ4n) is 4.54. The van der Waals surface area contributed by atoms with Crippen LogP contribution in [0.2, 0.25) is 0 Å². The Bertz CT molecular complexity index is 1750. The Morgan fingerprint density at radius 1 is 0.649 bits per heavy atom. The summed E-state index contributed by atoms with van der Waals surface area (Å²) in [5, 5.41) is 6.38. The van der Waals surface area contributed by atoms with Crippen LogP contribution in [0.1, 0.15) is 22.8 Å². The first kappa shape index (κ1) is 23.8. The molecule has 5 aromatic heterocycles. The third-order valence-corrected chi connectivity index (χ3v) is 8.21. The van der Waals surface area contributed by atoms with Gasteiger partial charge in [0.05, 0.1) is 44.7 Å². The van der Waals surface area contributed by atoms with Gasteiger partial charge < -0.3 is 9.97 Å². The predicted octanol–water partition coefficient (Wildman–Crippen LogP) is 5.02. The van der Waals surface area contributed by atoms with Crippen molar-refractivity contribution in [3.8, 4) is 21.1 Å². The molecule has 0 saturated heterocycles. The Morgan fingerprint density at radius 3 is 1.51 bits per heavy atom. The number of hydrogen-bond acceptors (Lipinski definition) is 4. The zero-order chi connectivity index (χ0) is 24.2. The molecule has 9 heteroatoms. The predicted molar refractivity (Wildman–Crippen MR) is 146 cm³/mol. The molecule has 0 aliphatic carbocycles. The van der Waals surface area contributed by atoms with Crippen LogP contribution in [-0.2, 0) is 31.2 Å². The van der Waals surface area contributed by atoms with Gasteiger partial charge in [0.25, 0.3) is 10.0 Å². The number of aryl methyl sites for hydroxylation is 2. The zero-order valence-electron chi connectivity index (χ0n) is 20.0. The molecular weight excluding hydrogens is 539 g/mol. The van der Waals surface area contributed by atoms with Crippen LogP contribution < -0.4 is 19.1 Å². The Hall–Kier alpha value is -3.62. The van der Waals surface area contributed by atoms with Crippen molar-refractivity contribution in [1.29, 1.82) is 0 Å². The van der Waals surface area contributed by atoms with Crippen molar-refractivity contribution in [2.75, 3.05) is 0 Å². The third kappa shape index (κ3) is 4.20. The minimum Gasteiger partial charge on any atom is -0.657 e. The van der Waals surface area contributed by atoms with E-state index in [0.717, 1.165) is 66.0 Å². The topological polar surface area (TPSA) is 61.7 Å². The molecule has 6 nitrogen and oxygen atoms in total. The summed E-state index contributed by atoms with van der Waals surface area (Å²) in [5.41, 5.74) is 9.11. The van der Waals surface area contributed by atoms with E-state index in [0.29, 0.717) is 0 Å². The van der Waals surface area contributed by atoms with Crippen molar-refractivity contribution in [2.24, 2.45) is 14.1 Å². The Labute approximate surface area is 231 Å². The van der Waals surface area contributed by atoms with Crippen molar-refractivity contribution < 1.29 is 26.2 Å². The van der Waals surface area contributed by atoms with E-state index < -0.39 is 0 Å². The molecule has 5 aromatic rings. The number of rotatable bonds is 2. The van der Waals surface area contributed by atoms with Crippen LogP contribution in [0.25, 0.3) is 67.5 Å². The summed E-state index contributed by atoms with van der Waals surface area (Å²) in [6.07, 6.45) is 12.3. The van der Waals surface area contributed by atoms with Crippen molar-refractivity contribution >= 4 is 69.0 Å². The van der Waals surface area contributed by atoms with Gasteiger partial charge in [-0.2, -0.15) is 9.13 Å². The SMILES string of the molecule is C[n+]1ccsc1-c1c2nc(cc3ccc([n-]3)c(-c3scc[n+]3C)c3nc(cc4ccc1[n-]4)C=C3)C=C2.[Mn+2]. The quantitative estimate of drug-likeness (QED) is 0.221. The van der Waals surface area contributed by atoms with Crippen LogP contribution >= 0.6 is 22.7 Å². The van der Waals surface area contributed by atoms with Gasteiger partial charge in [0.2, 0.25) is 0 Å². The van der Waals surface area contributed by atoms with Gasteiger partial charge in [-0.25, -0.2) is 9.97 Å². The first-order chi connectivity index (χ1) is 17.6. The number of nitrogens with zero attached hydrogens (tertiary/aromatic N) is 6. The summed E-state index contributed by atoms with van der Waals surface area (Å²) >= 11 is 3.37. The molecule has 0 saturated carbocycles. The fourth-order valence-corrected chi connectivity index (χ4v) is 6.39. The van der Waals surface area contributed by atoms with Crippen molar-refractivity contribution in [2.45, 2.75) is 0 Å². The van der Waals surface area contributed by atoms with Crippen LogP contribution in [0.5, 0.6) is 0 Å². The van der Waals surface area contributed by atoms with E-state index in [4.69, 9.17) is 19.9 Å². The van der Waals surface area contributed by atoms with Crippen molar-refractivity contribution in [3.05, 3.63) is 82.3 Å². The van der Waals surface area contributed by atoms with Gasteiger partial charge in [0, 0.05) is 0 Å². The average Bonchev–Trinajstić information content (AvgIpc) is 3.68. The summed E-state index contributed by atoms with van der Waals surface area (Å²) < 4.78 is 4.24. The Morgan fingerprint density at radius 2 is 1.11 bits per heavy atom. The van der Waals surface area contributed by atoms with Crippen molar-refractivity contribution in [1.82, 2.24) is 19.9 Å². The molecule has 0 spiro atoms. The molecule has 0 unspecified atom stereocenters. The second-order valence-corrected chi connectivity index (χ2v) is 10.5. The molecule has 0 N–H and O–H groups in total. The van der Waals surface area contributed by atoms with E-state index in [1.54, 1.807) is 22.7 Å². The van der Waals surface area contributed by atoms with Crippen LogP contribution in [0, 0.1) is 0 Å². The molecular formula is C28H20MnN6S2+2. The number of fused-ring (bicyclic) bond motifs is 8. The van der Waals surface area contributed by atoms with E-state index in [-0.39, 0.29) is 17.1 Å².